The first kappa shape index (κ1) is 55.3. The Balaban J connectivity index is 0.000000135. The minimum absolute atomic E-state index is 0.599. The van der Waals surface area contributed by atoms with Crippen molar-refractivity contribution in [3.63, 3.8) is 0 Å². The Bertz CT molecular complexity index is 5970. The fourth-order valence-electron chi connectivity index (χ4n) is 14.0. The van der Waals surface area contributed by atoms with Crippen molar-refractivity contribution in [2.75, 3.05) is 0 Å². The Morgan fingerprint density at radius 1 is 0.198 bits per heavy atom. The van der Waals surface area contributed by atoms with Gasteiger partial charge in [-0.2, -0.15) is 19.9 Å². The van der Waals surface area contributed by atoms with Crippen molar-refractivity contribution in [2.45, 2.75) is 0 Å². The van der Waals surface area contributed by atoms with Gasteiger partial charge in [0.1, 0.15) is 0 Å². The molecule has 0 saturated carbocycles. The fourth-order valence-corrected chi connectivity index (χ4v) is 16.3. The first-order chi connectivity index (χ1) is 47.6. The van der Waals surface area contributed by atoms with E-state index < -0.39 is 0 Å². The second kappa shape index (κ2) is 22.7. The first-order valence-electron chi connectivity index (χ1n) is 32.1. The van der Waals surface area contributed by atoms with Crippen LogP contribution < -0.4 is 0 Å². The normalized spacial score (nSPS) is 11.8. The summed E-state index contributed by atoms with van der Waals surface area (Å²) in [6.07, 6.45) is 0. The van der Waals surface area contributed by atoms with E-state index >= 15 is 0 Å². The van der Waals surface area contributed by atoms with Gasteiger partial charge in [0.2, 0.25) is 11.9 Å². The second-order valence-electron chi connectivity index (χ2n) is 24.1. The summed E-state index contributed by atoms with van der Waals surface area (Å²) in [6.45, 7) is 0. The van der Waals surface area contributed by atoms with E-state index in [2.05, 4.69) is 325 Å². The summed E-state index contributed by atoms with van der Waals surface area (Å²) in [5, 5.41) is 14.7. The van der Waals surface area contributed by atoms with Gasteiger partial charge in [-0.1, -0.05) is 267 Å². The lowest BCUT2D eigenvalue weighted by Gasteiger charge is -2.12. The molecule has 0 spiro atoms. The van der Waals surface area contributed by atoms with Crippen LogP contribution in [0.4, 0.5) is 0 Å². The molecule has 0 radical (unpaired) electrons. The summed E-state index contributed by atoms with van der Waals surface area (Å²) in [5.41, 5.74) is 12.8. The molecular formula is C86H52N8S2. The van der Waals surface area contributed by atoms with Gasteiger partial charge in [0, 0.05) is 84.1 Å². The van der Waals surface area contributed by atoms with E-state index in [1.54, 1.807) is 22.7 Å². The third-order valence-corrected chi connectivity index (χ3v) is 20.8. The van der Waals surface area contributed by atoms with E-state index in [-0.39, 0.29) is 0 Å². The Hall–Kier alpha value is -12.3. The lowest BCUT2D eigenvalue weighted by atomic mass is 9.97. The smallest absolute Gasteiger partial charge is 0.238 e. The SMILES string of the molecule is c1ccc2c(-c3ccc(-c4nc(-c5ccc6c(c5)sc5ccccc56)nc(-n5c6ccccc6c6ccccc65)n4)cc3)cccc2c1.c1ccc2c(-c3ccc(-c4nc(-c5ccc6c(c5)sc5ccccc56)nc(-n5c6ccccc6c6ccccc65)n4)cc3)cccc2c1. The molecule has 0 N–H and O–H groups in total. The predicted molar refractivity (Wildman–Crippen MR) is 402 cm³/mol. The van der Waals surface area contributed by atoms with Gasteiger partial charge in [-0.3, -0.25) is 9.13 Å². The lowest BCUT2D eigenvalue weighted by molar-refractivity contribution is 0.953. The number of hydrogen-bond acceptors (Lipinski definition) is 8. The van der Waals surface area contributed by atoms with E-state index in [1.807, 2.05) is 0 Å². The number of fused-ring (bicyclic) bond motifs is 14. The third kappa shape index (κ3) is 9.41. The summed E-state index contributed by atoms with van der Waals surface area (Å²) in [5.74, 6) is 3.77. The molecule has 0 unspecified atom stereocenters. The van der Waals surface area contributed by atoms with Crippen molar-refractivity contribution in [1.82, 2.24) is 39.0 Å². The largest absolute Gasteiger partial charge is 0.278 e. The topological polar surface area (TPSA) is 87.2 Å². The monoisotopic (exact) mass is 1260 g/mol. The molecule has 20 rings (SSSR count). The van der Waals surface area contributed by atoms with Crippen LogP contribution in [0.5, 0.6) is 0 Å². The molecule has 20 aromatic rings. The standard InChI is InChI=1S/2C43H26N4S/c2*1-2-12-31-27(10-1)11-9-16-32(31)28-20-22-29(23-21-28)41-44-42(30-24-25-36-35-15-5-8-19-39(35)48-40(36)26-30)46-43(45-41)47-37-17-6-3-13-33(37)34-14-4-7-18-38(34)47/h2*1-26H. The van der Waals surface area contributed by atoms with E-state index in [1.165, 1.54) is 94.6 Å². The van der Waals surface area contributed by atoms with Crippen molar-refractivity contribution in [2.24, 2.45) is 0 Å². The zero-order chi connectivity index (χ0) is 63.2. The van der Waals surface area contributed by atoms with Crippen LogP contribution in [0.25, 0.3) is 185 Å². The van der Waals surface area contributed by atoms with Gasteiger partial charge in [-0.15, -0.1) is 22.7 Å². The van der Waals surface area contributed by atoms with Crippen LogP contribution in [-0.4, -0.2) is 39.0 Å². The van der Waals surface area contributed by atoms with Gasteiger partial charge < -0.3 is 0 Å². The molecule has 0 fully saturated rings. The highest BCUT2D eigenvalue weighted by Crippen LogP contribution is 2.41. The van der Waals surface area contributed by atoms with Gasteiger partial charge in [0.15, 0.2) is 23.3 Å². The highest BCUT2D eigenvalue weighted by atomic mass is 32.1. The number of para-hydroxylation sites is 4. The van der Waals surface area contributed by atoms with Crippen molar-refractivity contribution in [3.8, 4) is 79.7 Å². The third-order valence-electron chi connectivity index (χ3n) is 18.6. The molecule has 8 nitrogen and oxygen atoms in total. The number of nitrogens with zero attached hydrogens (tertiary/aromatic N) is 8. The molecule has 0 aliphatic rings. The van der Waals surface area contributed by atoms with Crippen LogP contribution in [-0.2, 0) is 0 Å². The molecule has 14 aromatic carbocycles. The molecule has 0 atom stereocenters. The predicted octanol–water partition coefficient (Wildman–Crippen LogP) is 23.0. The van der Waals surface area contributed by atoms with Crippen molar-refractivity contribution in [3.05, 3.63) is 315 Å². The van der Waals surface area contributed by atoms with Crippen LogP contribution in [0.1, 0.15) is 0 Å². The maximum Gasteiger partial charge on any atom is 0.238 e. The highest BCUT2D eigenvalue weighted by molar-refractivity contribution is 7.26. The number of aromatic nitrogens is 8. The summed E-state index contributed by atoms with van der Waals surface area (Å²) in [6, 6.07) is 111. The highest BCUT2D eigenvalue weighted by Gasteiger charge is 2.22. The summed E-state index contributed by atoms with van der Waals surface area (Å²) in [4.78, 5) is 30.9. The molecule has 0 aliphatic carbocycles. The molecule has 448 valence electrons. The van der Waals surface area contributed by atoms with E-state index in [0.29, 0.717) is 35.2 Å². The molecule has 0 bridgehead atoms. The zero-order valence-electron chi connectivity index (χ0n) is 51.4. The molecule has 6 heterocycles. The van der Waals surface area contributed by atoms with Crippen LogP contribution in [0.3, 0.4) is 0 Å². The Labute approximate surface area is 558 Å². The summed E-state index contributed by atoms with van der Waals surface area (Å²) >= 11 is 3.60. The molecule has 6 aromatic heterocycles. The fraction of sp³-hybridized carbons (Fsp3) is 0. The quantitative estimate of drug-likeness (QED) is 0.151. The van der Waals surface area contributed by atoms with Gasteiger partial charge >= 0.3 is 0 Å². The summed E-state index contributed by atoms with van der Waals surface area (Å²) in [7, 11) is 0. The molecular weight excluding hydrogens is 1210 g/mol. The van der Waals surface area contributed by atoms with Gasteiger partial charge in [-0.25, -0.2) is 9.97 Å². The average Bonchev–Trinajstić information content (AvgIpc) is 1.60. The Morgan fingerprint density at radius 2 is 0.479 bits per heavy atom. The minimum atomic E-state index is 0.599. The van der Waals surface area contributed by atoms with Crippen LogP contribution in [0.2, 0.25) is 0 Å². The van der Waals surface area contributed by atoms with E-state index in [4.69, 9.17) is 29.9 Å². The second-order valence-corrected chi connectivity index (χ2v) is 26.3. The summed E-state index contributed by atoms with van der Waals surface area (Å²) < 4.78 is 9.32. The van der Waals surface area contributed by atoms with Crippen LogP contribution in [0, 0.1) is 0 Å². The maximum absolute atomic E-state index is 5.18. The van der Waals surface area contributed by atoms with Crippen molar-refractivity contribution in [1.29, 1.82) is 0 Å². The minimum Gasteiger partial charge on any atom is -0.278 e. The van der Waals surface area contributed by atoms with Gasteiger partial charge in [0.05, 0.1) is 22.1 Å². The number of thiophene rings is 2. The number of benzene rings is 14. The van der Waals surface area contributed by atoms with E-state index in [9.17, 15) is 0 Å². The van der Waals surface area contributed by atoms with Crippen molar-refractivity contribution >= 4 is 128 Å². The van der Waals surface area contributed by atoms with Crippen LogP contribution >= 0.6 is 22.7 Å². The van der Waals surface area contributed by atoms with E-state index in [0.717, 1.165) is 55.4 Å². The zero-order valence-corrected chi connectivity index (χ0v) is 53.0. The maximum atomic E-state index is 5.18. The van der Waals surface area contributed by atoms with Gasteiger partial charge in [0.25, 0.3) is 0 Å². The molecule has 0 aliphatic heterocycles. The molecule has 0 saturated heterocycles. The van der Waals surface area contributed by atoms with Crippen LogP contribution in [0.15, 0.2) is 315 Å². The number of hydrogen-bond donors (Lipinski definition) is 0. The average molecular weight is 1260 g/mol. The number of rotatable bonds is 8. The Kier molecular flexibility index (Phi) is 13.1. The van der Waals surface area contributed by atoms with Crippen molar-refractivity contribution < 1.29 is 0 Å². The van der Waals surface area contributed by atoms with Gasteiger partial charge in [-0.05, 0) is 92.3 Å². The Morgan fingerprint density at radius 3 is 0.865 bits per heavy atom. The molecule has 96 heavy (non-hydrogen) atoms. The molecule has 10 heteroatoms. The lowest BCUT2D eigenvalue weighted by Crippen LogP contribution is -2.06. The first-order valence-corrected chi connectivity index (χ1v) is 33.7. The molecule has 0 amide bonds.